The summed E-state index contributed by atoms with van der Waals surface area (Å²) in [5, 5.41) is 15.8. The second-order valence-electron chi connectivity index (χ2n) is 26.5. The number of nitrogens with zero attached hydrogens (tertiary/aromatic N) is 4. The summed E-state index contributed by atoms with van der Waals surface area (Å²) in [7, 11) is -2.70. The van der Waals surface area contributed by atoms with E-state index in [-0.39, 0.29) is 47.4 Å². The van der Waals surface area contributed by atoms with Crippen LogP contribution < -0.4 is 35.1 Å². The van der Waals surface area contributed by atoms with Gasteiger partial charge in [0.1, 0.15) is 23.6 Å². The van der Waals surface area contributed by atoms with Crippen LogP contribution in [0, 0.1) is 31.4 Å². The lowest BCUT2D eigenvalue weighted by atomic mass is 9.78. The molecule has 0 saturated heterocycles. The molecule has 3 aliphatic rings. The Morgan fingerprint density at radius 1 is 0.626 bits per heavy atom. The van der Waals surface area contributed by atoms with Crippen LogP contribution in [0.3, 0.4) is 0 Å². The molecule has 3 aliphatic heterocycles. The average Bonchev–Trinajstić information content (AvgIpc) is 1.74. The van der Waals surface area contributed by atoms with Gasteiger partial charge < -0.3 is 23.8 Å². The van der Waals surface area contributed by atoms with Crippen molar-refractivity contribution in [3.8, 4) is 28.7 Å². The molecular weight excluding hydrogens is 1250 g/mol. The maximum Gasteiger partial charge on any atom is 0.259 e. The molecule has 1 aromatic heterocycles. The number of fused-ring (bicyclic) bond motifs is 2. The summed E-state index contributed by atoms with van der Waals surface area (Å²) in [6, 6.07) is 98.6. The van der Waals surface area contributed by atoms with Gasteiger partial charge in [0.15, 0.2) is 25.7 Å². The van der Waals surface area contributed by atoms with Crippen molar-refractivity contribution in [3.05, 3.63) is 379 Å². The third kappa shape index (κ3) is 12.2. The molecule has 11 aromatic rings. The van der Waals surface area contributed by atoms with Crippen LogP contribution in [-0.2, 0) is 27.2 Å². The Labute approximate surface area is 586 Å². The zero-order valence-corrected chi connectivity index (χ0v) is 57.9. The first-order chi connectivity index (χ1) is 48.4. The molecule has 14 rings (SSSR count). The lowest BCUT2D eigenvalue weighted by molar-refractivity contribution is -0.0491. The van der Waals surface area contributed by atoms with Crippen LogP contribution in [0.2, 0.25) is 0 Å². The number of rotatable bonds is 18. The van der Waals surface area contributed by atoms with Gasteiger partial charge in [0, 0.05) is 23.3 Å². The van der Waals surface area contributed by atoms with Crippen molar-refractivity contribution in [1.82, 2.24) is 0 Å². The third-order valence-corrected chi connectivity index (χ3v) is 25.8. The normalized spacial score (nSPS) is 17.7. The summed E-state index contributed by atoms with van der Waals surface area (Å²) in [4.78, 5) is 11.8. The molecule has 10 heteroatoms. The quantitative estimate of drug-likeness (QED) is 0.0369. The standard InChI is InChI=1S/C89H74N4O4SSi/c1-62-55-79-77(63(2)57-87(3,4)93(79)59-64-43-50-76(51-44-64)99(73-37-23-12-24-38-73,74-39-25-13-26-40-74)75-41-27-14-28-42-75)56-67(62)47-53-82-86-85(94-60-72(96-86)61-95-89(69-31-17-9-18-32-69,70-33-19-10-20-34-70)71-35-21-11-22-36-71)81(98-82)54-52-80-84(92-7)83(78(58-90)91-6)88(5,97-80)68-48-45-66(46-49-68)65-29-15-8-16-30-65/h8-56,63,72H,57,59-61H2,1-5H3/b53-47+,54-52+,83-78+. The van der Waals surface area contributed by atoms with Crippen LogP contribution in [0.15, 0.2) is 302 Å². The van der Waals surface area contributed by atoms with Crippen LogP contribution in [-0.4, -0.2) is 32.9 Å². The van der Waals surface area contributed by atoms with Crippen molar-refractivity contribution in [1.29, 1.82) is 5.26 Å². The van der Waals surface area contributed by atoms with Crippen LogP contribution in [0.25, 0.3) is 39.0 Å². The van der Waals surface area contributed by atoms with Crippen LogP contribution in [0.1, 0.15) is 94.3 Å². The molecule has 0 bridgehead atoms. The van der Waals surface area contributed by atoms with E-state index >= 15 is 0 Å². The Morgan fingerprint density at radius 2 is 1.12 bits per heavy atom. The minimum absolute atomic E-state index is 0.0955. The first kappa shape index (κ1) is 65.0. The predicted molar refractivity (Wildman–Crippen MR) is 405 cm³/mol. The van der Waals surface area contributed by atoms with Gasteiger partial charge >= 0.3 is 0 Å². The van der Waals surface area contributed by atoms with Crippen molar-refractivity contribution in [2.24, 2.45) is 0 Å². The lowest BCUT2D eigenvalue weighted by Gasteiger charge is -2.48. The SMILES string of the molecule is [C-]#[N+]C1=C(/C=C/c2sc(/C=C/c3cc4c(cc3C)N(Cc3ccc([Si](c5ccccc5)(c5ccccc5)c5ccccc5)cc3)C(C)(C)CC4C)c3c2OCC(COC(c2ccccc2)(c2ccccc2)c2ccccc2)O3)OC(C)(c2ccc(-c3ccccc3)cc2)/C1=C(\C#N)[N+]#[C-]. The molecule has 0 N–H and O–H groups in total. The number of anilines is 1. The fourth-order valence-electron chi connectivity index (χ4n) is 15.1. The van der Waals surface area contributed by atoms with E-state index in [1.807, 2.05) is 122 Å². The fraction of sp³-hybridized carbons (Fsp3) is 0.157. The van der Waals surface area contributed by atoms with Gasteiger partial charge in [0.25, 0.3) is 5.70 Å². The number of nitriles is 1. The van der Waals surface area contributed by atoms with Crippen molar-refractivity contribution < 1.29 is 18.9 Å². The highest BCUT2D eigenvalue weighted by Gasteiger charge is 2.47. The average molecular weight is 1320 g/mol. The predicted octanol–water partition coefficient (Wildman–Crippen LogP) is 18.5. The molecule has 3 unspecified atom stereocenters. The largest absolute Gasteiger partial charge is 0.492 e. The highest BCUT2D eigenvalue weighted by atomic mass is 32.1. The number of allylic oxidation sites excluding steroid dienone is 2. The van der Waals surface area contributed by atoms with E-state index in [4.69, 9.17) is 32.1 Å². The van der Waals surface area contributed by atoms with Gasteiger partial charge in [-0.25, -0.2) is 15.0 Å². The van der Waals surface area contributed by atoms with Crippen LogP contribution in [0.5, 0.6) is 11.5 Å². The summed E-state index contributed by atoms with van der Waals surface area (Å²) < 4.78 is 28.3. The second-order valence-corrected chi connectivity index (χ2v) is 31.4. The first-order valence-electron chi connectivity index (χ1n) is 33.7. The molecular formula is C89H74N4O4SSi. The van der Waals surface area contributed by atoms with E-state index < -0.39 is 25.4 Å². The Bertz CT molecular complexity index is 4790. The summed E-state index contributed by atoms with van der Waals surface area (Å²) >= 11 is 1.51. The Kier molecular flexibility index (Phi) is 18.2. The first-order valence-corrected chi connectivity index (χ1v) is 36.5. The molecule has 3 atom stereocenters. The van der Waals surface area contributed by atoms with Gasteiger partial charge in [-0.15, -0.1) is 11.3 Å². The summed E-state index contributed by atoms with van der Waals surface area (Å²) in [5.74, 6) is 1.65. The maximum atomic E-state index is 10.4. The third-order valence-electron chi connectivity index (χ3n) is 19.9. The summed E-state index contributed by atoms with van der Waals surface area (Å²) in [5.41, 5.74) is 9.39. The van der Waals surface area contributed by atoms with Crippen molar-refractivity contribution in [2.75, 3.05) is 18.1 Å². The zero-order chi connectivity index (χ0) is 68.1. The highest BCUT2D eigenvalue weighted by Crippen LogP contribution is 2.52. The molecule has 0 radical (unpaired) electrons. The minimum atomic E-state index is -2.70. The van der Waals surface area contributed by atoms with E-state index in [1.54, 1.807) is 6.08 Å². The van der Waals surface area contributed by atoms with Gasteiger partial charge in [-0.2, -0.15) is 0 Å². The van der Waals surface area contributed by atoms with Crippen molar-refractivity contribution in [3.63, 3.8) is 0 Å². The van der Waals surface area contributed by atoms with E-state index in [1.165, 1.54) is 48.9 Å². The van der Waals surface area contributed by atoms with Gasteiger partial charge in [-0.3, -0.25) is 0 Å². The topological polar surface area (TPSA) is 72.7 Å². The lowest BCUT2D eigenvalue weighted by Crippen LogP contribution is -2.74. The number of ether oxygens (including phenoxy) is 4. The molecule has 0 saturated carbocycles. The van der Waals surface area contributed by atoms with E-state index in [0.717, 1.165) is 61.7 Å². The zero-order valence-electron chi connectivity index (χ0n) is 56.1. The molecule has 99 heavy (non-hydrogen) atoms. The Hall–Kier alpha value is -11.3. The molecule has 8 nitrogen and oxygen atoms in total. The van der Waals surface area contributed by atoms with E-state index in [0.29, 0.717) is 17.1 Å². The Morgan fingerprint density at radius 3 is 1.65 bits per heavy atom. The Balaban J connectivity index is 0.813. The molecule has 10 aromatic carbocycles. The minimum Gasteiger partial charge on any atom is -0.492 e. The van der Waals surface area contributed by atoms with Gasteiger partial charge in [-0.1, -0.05) is 274 Å². The van der Waals surface area contributed by atoms with E-state index in [9.17, 15) is 5.26 Å². The van der Waals surface area contributed by atoms with Gasteiger partial charge in [0.05, 0.1) is 35.6 Å². The summed E-state index contributed by atoms with van der Waals surface area (Å²) in [6.07, 6.45) is 8.42. The van der Waals surface area contributed by atoms with Gasteiger partial charge in [0.2, 0.25) is 5.70 Å². The molecule has 0 spiro atoms. The van der Waals surface area contributed by atoms with Gasteiger partial charge in [-0.05, 0) is 147 Å². The van der Waals surface area contributed by atoms with Crippen molar-refractivity contribution in [2.45, 2.75) is 76.3 Å². The smallest absolute Gasteiger partial charge is 0.259 e. The second kappa shape index (κ2) is 27.7. The number of hydrogen-bond donors (Lipinski definition) is 0. The fourth-order valence-corrected chi connectivity index (χ4v) is 20.8. The molecule has 0 aliphatic carbocycles. The number of hydrogen-bond acceptors (Lipinski definition) is 7. The molecule has 0 amide bonds. The number of thiophene rings is 1. The summed E-state index contributed by atoms with van der Waals surface area (Å²) in [6.45, 7) is 28.9. The van der Waals surface area contributed by atoms with Crippen LogP contribution in [0.4, 0.5) is 5.69 Å². The van der Waals surface area contributed by atoms with Crippen LogP contribution >= 0.6 is 11.3 Å². The molecule has 484 valence electrons. The number of aryl methyl sites for hydroxylation is 1. The maximum absolute atomic E-state index is 10.4. The number of benzene rings is 10. The van der Waals surface area contributed by atoms with Crippen molar-refractivity contribution >= 4 is 64.1 Å². The monoisotopic (exact) mass is 1320 g/mol. The highest BCUT2D eigenvalue weighted by molar-refractivity contribution is 7.20. The molecule has 4 heterocycles. The molecule has 0 fully saturated rings. The van der Waals surface area contributed by atoms with E-state index in [2.05, 4.69) is 224 Å².